The highest BCUT2D eigenvalue weighted by Crippen LogP contribution is 2.01. The lowest BCUT2D eigenvalue weighted by Crippen LogP contribution is -2.23. The lowest BCUT2D eigenvalue weighted by atomic mass is 10.4. The van der Waals surface area contributed by atoms with Crippen molar-refractivity contribution in [3.63, 3.8) is 0 Å². The Labute approximate surface area is 105 Å². The van der Waals surface area contributed by atoms with Crippen molar-refractivity contribution in [1.82, 2.24) is 19.7 Å². The molecule has 0 radical (unpaired) electrons. The summed E-state index contributed by atoms with van der Waals surface area (Å²) in [5.74, 6) is 0.728. The molecule has 18 heavy (non-hydrogen) atoms. The second-order valence-electron chi connectivity index (χ2n) is 3.89. The molecule has 2 rings (SSSR count). The zero-order chi connectivity index (χ0) is 13.0. The van der Waals surface area contributed by atoms with Crippen LogP contribution in [-0.2, 0) is 6.54 Å². The number of aromatic nitrogens is 4. The fourth-order valence-electron chi connectivity index (χ4n) is 1.53. The van der Waals surface area contributed by atoms with E-state index in [9.17, 15) is 4.79 Å². The molecule has 6 nitrogen and oxygen atoms in total. The van der Waals surface area contributed by atoms with Gasteiger partial charge in [-0.25, -0.2) is 9.67 Å². The first-order chi connectivity index (χ1) is 8.69. The van der Waals surface area contributed by atoms with Crippen molar-refractivity contribution >= 4 is 5.82 Å². The van der Waals surface area contributed by atoms with E-state index in [0.29, 0.717) is 12.2 Å². The molecule has 0 saturated carbocycles. The molecule has 0 aliphatic rings. The number of anilines is 1. The topological polar surface area (TPSA) is 72.7 Å². The number of hydrogen-bond donors (Lipinski definition) is 1. The van der Waals surface area contributed by atoms with Crippen molar-refractivity contribution in [3.05, 3.63) is 46.3 Å². The standard InChI is InChI=1S/C12H15N5O/c1-3-13-11-7-14-10(6-15-11)8-17-12(18)5-4-9(2)16-17/h4-7H,3,8H2,1-2H3,(H,13,15). The Balaban J connectivity index is 2.18. The second-order valence-corrected chi connectivity index (χ2v) is 3.89. The number of rotatable bonds is 4. The van der Waals surface area contributed by atoms with Gasteiger partial charge < -0.3 is 5.32 Å². The molecule has 0 aromatic carbocycles. The summed E-state index contributed by atoms with van der Waals surface area (Å²) in [5, 5.41) is 7.21. The van der Waals surface area contributed by atoms with Crippen molar-refractivity contribution in [2.24, 2.45) is 0 Å². The van der Waals surface area contributed by atoms with Gasteiger partial charge in [0.2, 0.25) is 0 Å². The summed E-state index contributed by atoms with van der Waals surface area (Å²) in [6.45, 7) is 4.97. The summed E-state index contributed by atoms with van der Waals surface area (Å²) < 4.78 is 1.38. The summed E-state index contributed by atoms with van der Waals surface area (Å²) in [5.41, 5.74) is 1.36. The molecule has 2 aromatic heterocycles. The molecule has 0 fully saturated rings. The van der Waals surface area contributed by atoms with Gasteiger partial charge in [0, 0.05) is 12.6 Å². The first kappa shape index (κ1) is 12.2. The lowest BCUT2D eigenvalue weighted by Gasteiger charge is -2.05. The molecule has 0 aliphatic carbocycles. The third-order valence-electron chi connectivity index (χ3n) is 2.37. The van der Waals surface area contributed by atoms with Crippen molar-refractivity contribution in [2.75, 3.05) is 11.9 Å². The molecular formula is C12H15N5O. The Kier molecular flexibility index (Phi) is 3.66. The lowest BCUT2D eigenvalue weighted by molar-refractivity contribution is 0.616. The summed E-state index contributed by atoms with van der Waals surface area (Å²) >= 11 is 0. The first-order valence-corrected chi connectivity index (χ1v) is 5.78. The van der Waals surface area contributed by atoms with Crippen LogP contribution in [0.5, 0.6) is 0 Å². The minimum absolute atomic E-state index is 0.141. The molecule has 6 heteroatoms. The molecule has 0 unspecified atom stereocenters. The smallest absolute Gasteiger partial charge is 0.267 e. The fraction of sp³-hybridized carbons (Fsp3) is 0.333. The van der Waals surface area contributed by atoms with Gasteiger partial charge in [0.15, 0.2) is 0 Å². The van der Waals surface area contributed by atoms with Gasteiger partial charge in [-0.3, -0.25) is 9.78 Å². The minimum Gasteiger partial charge on any atom is -0.369 e. The van der Waals surface area contributed by atoms with Crippen LogP contribution in [0, 0.1) is 6.92 Å². The summed E-state index contributed by atoms with van der Waals surface area (Å²) in [6, 6.07) is 3.20. The summed E-state index contributed by atoms with van der Waals surface area (Å²) in [7, 11) is 0. The van der Waals surface area contributed by atoms with Crippen LogP contribution in [0.3, 0.4) is 0 Å². The van der Waals surface area contributed by atoms with Crippen LogP contribution in [0.1, 0.15) is 18.3 Å². The summed E-state index contributed by atoms with van der Waals surface area (Å²) in [4.78, 5) is 20.0. The SMILES string of the molecule is CCNc1cnc(Cn2nc(C)ccc2=O)cn1. The van der Waals surface area contributed by atoms with E-state index in [0.717, 1.165) is 18.1 Å². The predicted molar refractivity (Wildman–Crippen MR) is 68.5 cm³/mol. The van der Waals surface area contributed by atoms with E-state index in [1.54, 1.807) is 18.5 Å². The molecule has 0 saturated heterocycles. The van der Waals surface area contributed by atoms with Crippen molar-refractivity contribution in [1.29, 1.82) is 0 Å². The first-order valence-electron chi connectivity index (χ1n) is 5.78. The number of hydrogen-bond acceptors (Lipinski definition) is 5. The Hall–Kier alpha value is -2.24. The van der Waals surface area contributed by atoms with E-state index in [-0.39, 0.29) is 5.56 Å². The minimum atomic E-state index is -0.141. The van der Waals surface area contributed by atoms with Crippen LogP contribution < -0.4 is 10.9 Å². The van der Waals surface area contributed by atoms with E-state index in [2.05, 4.69) is 20.4 Å². The summed E-state index contributed by atoms with van der Waals surface area (Å²) in [6.07, 6.45) is 3.30. The third-order valence-corrected chi connectivity index (χ3v) is 2.37. The molecule has 0 amide bonds. The van der Waals surface area contributed by atoms with E-state index < -0.39 is 0 Å². The highest BCUT2D eigenvalue weighted by atomic mass is 16.1. The van der Waals surface area contributed by atoms with Crippen LogP contribution in [-0.4, -0.2) is 26.3 Å². The monoisotopic (exact) mass is 245 g/mol. The number of nitrogens with one attached hydrogen (secondary N) is 1. The second kappa shape index (κ2) is 5.39. The molecular weight excluding hydrogens is 230 g/mol. The molecule has 2 heterocycles. The Morgan fingerprint density at radius 1 is 1.28 bits per heavy atom. The van der Waals surface area contributed by atoms with E-state index in [4.69, 9.17) is 0 Å². The van der Waals surface area contributed by atoms with Gasteiger partial charge in [-0.05, 0) is 19.9 Å². The molecule has 0 atom stereocenters. The maximum Gasteiger partial charge on any atom is 0.267 e. The average Bonchev–Trinajstić information content (AvgIpc) is 2.37. The van der Waals surface area contributed by atoms with Gasteiger partial charge in [-0.2, -0.15) is 5.10 Å². The zero-order valence-corrected chi connectivity index (χ0v) is 10.4. The van der Waals surface area contributed by atoms with E-state index in [1.165, 1.54) is 10.7 Å². The molecule has 1 N–H and O–H groups in total. The average molecular weight is 245 g/mol. The van der Waals surface area contributed by atoms with Crippen molar-refractivity contribution < 1.29 is 0 Å². The highest BCUT2D eigenvalue weighted by molar-refractivity contribution is 5.30. The van der Waals surface area contributed by atoms with Gasteiger partial charge in [0.1, 0.15) is 5.82 Å². The van der Waals surface area contributed by atoms with Gasteiger partial charge in [-0.1, -0.05) is 0 Å². The van der Waals surface area contributed by atoms with Crippen LogP contribution >= 0.6 is 0 Å². The zero-order valence-electron chi connectivity index (χ0n) is 10.4. The Morgan fingerprint density at radius 3 is 2.78 bits per heavy atom. The Bertz CT molecular complexity index is 576. The van der Waals surface area contributed by atoms with Crippen LogP contribution in [0.4, 0.5) is 5.82 Å². The largest absolute Gasteiger partial charge is 0.369 e. The van der Waals surface area contributed by atoms with Gasteiger partial charge >= 0.3 is 0 Å². The van der Waals surface area contributed by atoms with Crippen LogP contribution in [0.2, 0.25) is 0 Å². The molecule has 0 bridgehead atoms. The normalized spacial score (nSPS) is 10.3. The van der Waals surface area contributed by atoms with Crippen molar-refractivity contribution in [2.45, 2.75) is 20.4 Å². The fourth-order valence-corrected chi connectivity index (χ4v) is 1.53. The third kappa shape index (κ3) is 2.91. The van der Waals surface area contributed by atoms with Crippen LogP contribution in [0.15, 0.2) is 29.3 Å². The van der Waals surface area contributed by atoms with E-state index in [1.807, 2.05) is 13.8 Å². The van der Waals surface area contributed by atoms with Gasteiger partial charge in [-0.15, -0.1) is 0 Å². The quantitative estimate of drug-likeness (QED) is 0.863. The highest BCUT2D eigenvalue weighted by Gasteiger charge is 2.02. The number of nitrogens with zero attached hydrogens (tertiary/aromatic N) is 4. The van der Waals surface area contributed by atoms with Crippen molar-refractivity contribution in [3.8, 4) is 0 Å². The molecule has 0 aliphatic heterocycles. The van der Waals surface area contributed by atoms with Gasteiger partial charge in [0.05, 0.1) is 30.3 Å². The maximum absolute atomic E-state index is 11.6. The number of aryl methyl sites for hydroxylation is 1. The molecule has 2 aromatic rings. The maximum atomic E-state index is 11.6. The molecule has 0 spiro atoms. The Morgan fingerprint density at radius 2 is 2.11 bits per heavy atom. The predicted octanol–water partition coefficient (Wildman–Crippen LogP) is 0.822. The van der Waals surface area contributed by atoms with Crippen LogP contribution in [0.25, 0.3) is 0 Å². The molecule has 94 valence electrons. The van der Waals surface area contributed by atoms with E-state index >= 15 is 0 Å². The van der Waals surface area contributed by atoms with Gasteiger partial charge in [0.25, 0.3) is 5.56 Å².